The lowest BCUT2D eigenvalue weighted by Crippen LogP contribution is -2.31. The van der Waals surface area contributed by atoms with Gasteiger partial charge in [0.25, 0.3) is 5.91 Å². The lowest BCUT2D eigenvalue weighted by molar-refractivity contribution is -0.123. The third-order valence-electron chi connectivity index (χ3n) is 3.64. The van der Waals surface area contributed by atoms with E-state index in [4.69, 9.17) is 32.4 Å². The van der Waals surface area contributed by atoms with Gasteiger partial charge in [-0.2, -0.15) is 0 Å². The third-order valence-corrected chi connectivity index (χ3v) is 4.20. The lowest BCUT2D eigenvalue weighted by atomic mass is 10.1. The van der Waals surface area contributed by atoms with Crippen molar-refractivity contribution in [2.24, 2.45) is 0 Å². The van der Waals surface area contributed by atoms with E-state index in [2.05, 4.69) is 15.5 Å². The number of hydrogen-bond donors (Lipinski definition) is 1. The highest BCUT2D eigenvalue weighted by atomic mass is 35.5. The van der Waals surface area contributed by atoms with Crippen LogP contribution < -0.4 is 10.1 Å². The number of amides is 1. The Hall–Kier alpha value is -2.57. The number of carbonyl (C=O) groups is 1. The van der Waals surface area contributed by atoms with E-state index in [0.717, 1.165) is 11.1 Å². The molecule has 0 saturated heterocycles. The van der Waals surface area contributed by atoms with Gasteiger partial charge in [0.15, 0.2) is 6.61 Å². The van der Waals surface area contributed by atoms with Gasteiger partial charge in [-0.05, 0) is 48.9 Å². The molecular formula is C18H15Cl2N3O3. The van der Waals surface area contributed by atoms with Crippen molar-refractivity contribution in [1.29, 1.82) is 0 Å². The average molecular weight is 392 g/mol. The monoisotopic (exact) mass is 391 g/mol. The molecule has 0 aliphatic heterocycles. The van der Waals surface area contributed by atoms with Crippen molar-refractivity contribution in [2.75, 3.05) is 6.61 Å². The Morgan fingerprint density at radius 1 is 1.23 bits per heavy atom. The van der Waals surface area contributed by atoms with E-state index in [0.29, 0.717) is 21.7 Å². The summed E-state index contributed by atoms with van der Waals surface area (Å²) in [5, 5.41) is 11.3. The van der Waals surface area contributed by atoms with Crippen LogP contribution in [0.1, 0.15) is 18.5 Å². The minimum absolute atomic E-state index is 0.116. The molecule has 0 radical (unpaired) electrons. The summed E-state index contributed by atoms with van der Waals surface area (Å²) in [6, 6.07) is 11.9. The van der Waals surface area contributed by atoms with Crippen molar-refractivity contribution in [1.82, 2.24) is 15.5 Å². The molecule has 0 bridgehead atoms. The summed E-state index contributed by atoms with van der Waals surface area (Å²) in [7, 11) is 0. The SMILES string of the molecule is C[C@@H](NC(=O)COc1ccc(-c2nnco2)cc1)c1ccc(Cl)cc1Cl. The fourth-order valence-corrected chi connectivity index (χ4v) is 2.93. The number of benzene rings is 2. The first-order valence-electron chi connectivity index (χ1n) is 7.76. The van der Waals surface area contributed by atoms with Crippen LogP contribution in [0.2, 0.25) is 10.0 Å². The number of rotatable bonds is 6. The first-order chi connectivity index (χ1) is 12.5. The number of aromatic nitrogens is 2. The van der Waals surface area contributed by atoms with Crippen LogP contribution in [0.5, 0.6) is 5.75 Å². The molecule has 134 valence electrons. The van der Waals surface area contributed by atoms with Crippen LogP contribution in [-0.2, 0) is 4.79 Å². The maximum absolute atomic E-state index is 12.1. The topological polar surface area (TPSA) is 77.2 Å². The standard InChI is InChI=1S/C18H15Cl2N3O3/c1-11(15-7-4-13(19)8-16(15)20)22-17(24)9-25-14-5-2-12(3-6-14)18-23-21-10-26-18/h2-8,10-11H,9H2,1H3,(H,22,24)/t11-/m1/s1. The molecule has 0 spiro atoms. The zero-order valence-electron chi connectivity index (χ0n) is 13.8. The Bertz CT molecular complexity index is 883. The predicted molar refractivity (Wildman–Crippen MR) is 98.2 cm³/mol. The molecule has 1 heterocycles. The molecule has 2 aromatic carbocycles. The molecule has 1 amide bonds. The number of ether oxygens (including phenoxy) is 1. The maximum atomic E-state index is 12.1. The van der Waals surface area contributed by atoms with Crippen molar-refractivity contribution in [3.63, 3.8) is 0 Å². The second-order valence-corrected chi connectivity index (χ2v) is 6.36. The van der Waals surface area contributed by atoms with Crippen molar-refractivity contribution in [3.05, 3.63) is 64.5 Å². The highest BCUT2D eigenvalue weighted by Gasteiger charge is 2.13. The molecule has 3 rings (SSSR count). The summed E-state index contributed by atoms with van der Waals surface area (Å²) in [6.07, 6.45) is 1.26. The van der Waals surface area contributed by atoms with Gasteiger partial charge in [-0.15, -0.1) is 10.2 Å². The van der Waals surface area contributed by atoms with E-state index in [-0.39, 0.29) is 18.6 Å². The molecule has 0 saturated carbocycles. The van der Waals surface area contributed by atoms with E-state index in [1.54, 1.807) is 42.5 Å². The van der Waals surface area contributed by atoms with Crippen LogP contribution in [0.4, 0.5) is 0 Å². The predicted octanol–water partition coefficient (Wildman–Crippen LogP) is 4.30. The summed E-state index contributed by atoms with van der Waals surface area (Å²) in [4.78, 5) is 12.1. The largest absolute Gasteiger partial charge is 0.484 e. The number of halogens is 2. The van der Waals surface area contributed by atoms with Crippen molar-refractivity contribution in [2.45, 2.75) is 13.0 Å². The Morgan fingerprint density at radius 3 is 2.65 bits per heavy atom. The van der Waals surface area contributed by atoms with Gasteiger partial charge in [0.1, 0.15) is 5.75 Å². The molecule has 1 N–H and O–H groups in total. The zero-order valence-corrected chi connectivity index (χ0v) is 15.3. The molecule has 3 aromatic rings. The molecule has 0 aliphatic rings. The van der Waals surface area contributed by atoms with Gasteiger partial charge in [-0.25, -0.2) is 0 Å². The average Bonchev–Trinajstić information content (AvgIpc) is 3.15. The Kier molecular flexibility index (Phi) is 5.75. The van der Waals surface area contributed by atoms with Crippen LogP contribution in [0.15, 0.2) is 53.3 Å². The van der Waals surface area contributed by atoms with Crippen LogP contribution in [0.25, 0.3) is 11.5 Å². The van der Waals surface area contributed by atoms with Crippen molar-refractivity contribution >= 4 is 29.1 Å². The van der Waals surface area contributed by atoms with Crippen molar-refractivity contribution in [3.8, 4) is 17.2 Å². The minimum Gasteiger partial charge on any atom is -0.484 e. The second-order valence-electron chi connectivity index (χ2n) is 5.51. The molecule has 1 aromatic heterocycles. The van der Waals surface area contributed by atoms with Gasteiger partial charge in [-0.3, -0.25) is 4.79 Å². The Labute approximate surface area is 160 Å². The second kappa shape index (κ2) is 8.21. The normalized spacial score (nSPS) is 11.8. The van der Waals surface area contributed by atoms with Crippen LogP contribution in [-0.4, -0.2) is 22.7 Å². The van der Waals surface area contributed by atoms with Crippen LogP contribution >= 0.6 is 23.2 Å². The highest BCUT2D eigenvalue weighted by molar-refractivity contribution is 6.35. The number of hydrogen-bond acceptors (Lipinski definition) is 5. The smallest absolute Gasteiger partial charge is 0.258 e. The fourth-order valence-electron chi connectivity index (χ4n) is 2.36. The van der Waals surface area contributed by atoms with E-state index in [9.17, 15) is 4.79 Å². The molecule has 26 heavy (non-hydrogen) atoms. The van der Waals surface area contributed by atoms with Crippen LogP contribution in [0, 0.1) is 0 Å². The molecule has 1 atom stereocenters. The Balaban J connectivity index is 1.53. The first kappa shape index (κ1) is 18.2. The summed E-state index contributed by atoms with van der Waals surface area (Å²) in [6.45, 7) is 1.72. The van der Waals surface area contributed by atoms with E-state index in [1.165, 1.54) is 6.39 Å². The van der Waals surface area contributed by atoms with E-state index < -0.39 is 0 Å². The minimum atomic E-state index is -0.268. The molecular weight excluding hydrogens is 377 g/mol. The molecule has 0 fully saturated rings. The molecule has 0 unspecified atom stereocenters. The Morgan fingerprint density at radius 2 is 2.00 bits per heavy atom. The van der Waals surface area contributed by atoms with Gasteiger partial charge < -0.3 is 14.5 Å². The van der Waals surface area contributed by atoms with Gasteiger partial charge in [0.2, 0.25) is 12.3 Å². The lowest BCUT2D eigenvalue weighted by Gasteiger charge is -2.16. The van der Waals surface area contributed by atoms with Gasteiger partial charge in [0.05, 0.1) is 6.04 Å². The van der Waals surface area contributed by atoms with Crippen LogP contribution in [0.3, 0.4) is 0 Å². The third kappa shape index (κ3) is 4.53. The quantitative estimate of drug-likeness (QED) is 0.677. The molecule has 8 heteroatoms. The first-order valence-corrected chi connectivity index (χ1v) is 8.52. The highest BCUT2D eigenvalue weighted by Crippen LogP contribution is 2.26. The van der Waals surface area contributed by atoms with E-state index >= 15 is 0 Å². The molecule has 6 nitrogen and oxygen atoms in total. The van der Waals surface area contributed by atoms with Crippen molar-refractivity contribution < 1.29 is 13.9 Å². The van der Waals surface area contributed by atoms with E-state index in [1.807, 2.05) is 6.92 Å². The zero-order chi connectivity index (χ0) is 18.5. The van der Waals surface area contributed by atoms with Gasteiger partial charge in [-0.1, -0.05) is 29.3 Å². The number of nitrogens with one attached hydrogen (secondary N) is 1. The summed E-state index contributed by atoms with van der Waals surface area (Å²) >= 11 is 12.0. The fraction of sp³-hybridized carbons (Fsp3) is 0.167. The maximum Gasteiger partial charge on any atom is 0.258 e. The molecule has 0 aliphatic carbocycles. The number of nitrogens with zero attached hydrogens (tertiary/aromatic N) is 2. The summed E-state index contributed by atoms with van der Waals surface area (Å²) in [5.74, 6) is 0.716. The summed E-state index contributed by atoms with van der Waals surface area (Å²) in [5.41, 5.74) is 1.55. The van der Waals surface area contributed by atoms with Gasteiger partial charge in [0, 0.05) is 15.6 Å². The van der Waals surface area contributed by atoms with Gasteiger partial charge >= 0.3 is 0 Å². The summed E-state index contributed by atoms with van der Waals surface area (Å²) < 4.78 is 10.6. The number of carbonyl (C=O) groups excluding carboxylic acids is 1.